The van der Waals surface area contributed by atoms with Crippen molar-refractivity contribution in [1.29, 1.82) is 0 Å². The fourth-order valence-electron chi connectivity index (χ4n) is 3.55. The number of anilines is 1. The number of nitrogens with zero attached hydrogens (tertiary/aromatic N) is 1. The van der Waals surface area contributed by atoms with Gasteiger partial charge in [-0.2, -0.15) is 0 Å². The number of carbonyl (C=O) groups is 4. The molecule has 2 heterocycles. The van der Waals surface area contributed by atoms with E-state index < -0.39 is 29.9 Å². The van der Waals surface area contributed by atoms with Crippen molar-refractivity contribution < 1.29 is 19.2 Å². The summed E-state index contributed by atoms with van der Waals surface area (Å²) in [5, 5.41) is 7.28. The van der Waals surface area contributed by atoms with Gasteiger partial charge in [-0.3, -0.25) is 19.3 Å². The van der Waals surface area contributed by atoms with Crippen LogP contribution in [0.3, 0.4) is 0 Å². The molecule has 134 valence electrons. The molecule has 5 amide bonds. The summed E-state index contributed by atoms with van der Waals surface area (Å²) in [5.74, 6) is -1.51. The van der Waals surface area contributed by atoms with Crippen molar-refractivity contribution in [3.63, 3.8) is 0 Å². The normalized spacial score (nSPS) is 26.0. The second-order valence-electron chi connectivity index (χ2n) is 6.52. The van der Waals surface area contributed by atoms with E-state index in [-0.39, 0.29) is 17.4 Å². The van der Waals surface area contributed by atoms with E-state index in [9.17, 15) is 19.2 Å². The van der Waals surface area contributed by atoms with E-state index in [1.165, 1.54) is 6.07 Å². The van der Waals surface area contributed by atoms with E-state index in [0.717, 1.165) is 35.5 Å². The summed E-state index contributed by atoms with van der Waals surface area (Å²) in [6.07, 6.45) is 3.35. The van der Waals surface area contributed by atoms with Crippen LogP contribution >= 0.6 is 11.3 Å². The number of primary amides is 1. The fourth-order valence-corrected chi connectivity index (χ4v) is 4.36. The molecule has 2 fully saturated rings. The third kappa shape index (κ3) is 2.99. The zero-order chi connectivity index (χ0) is 18.2. The Kier molecular flexibility index (Phi) is 4.51. The molecule has 1 aromatic rings. The molecule has 9 heteroatoms. The third-order valence-corrected chi connectivity index (χ3v) is 5.82. The molecule has 0 bridgehead atoms. The van der Waals surface area contributed by atoms with E-state index in [4.69, 9.17) is 5.73 Å². The minimum absolute atomic E-state index is 0.0320. The maximum atomic E-state index is 12.8. The van der Waals surface area contributed by atoms with Crippen molar-refractivity contribution in [2.24, 2.45) is 11.7 Å². The fraction of sp³-hybridized carbons (Fsp3) is 0.500. The summed E-state index contributed by atoms with van der Waals surface area (Å²) in [6, 6.07) is 0.963. The second kappa shape index (κ2) is 6.47. The summed E-state index contributed by atoms with van der Waals surface area (Å²) in [7, 11) is 0. The third-order valence-electron chi connectivity index (χ3n) is 4.99. The van der Waals surface area contributed by atoms with Gasteiger partial charge in [-0.05, 0) is 30.2 Å². The predicted molar refractivity (Wildman–Crippen MR) is 92.1 cm³/mol. The van der Waals surface area contributed by atoms with Gasteiger partial charge < -0.3 is 16.4 Å². The molecular weight excluding hydrogens is 344 g/mol. The van der Waals surface area contributed by atoms with Crippen LogP contribution in [0.4, 0.5) is 9.80 Å². The lowest BCUT2D eigenvalue weighted by atomic mass is 9.73. The van der Waals surface area contributed by atoms with E-state index in [2.05, 4.69) is 10.6 Å². The first-order chi connectivity index (χ1) is 11.8. The molecule has 4 N–H and O–H groups in total. The standard InChI is InChI=1S/C16H20N4O4S/c1-9-4-2-3-6-16(9)14(23)20(15(24)19-16)8-11(21)18-13-10(12(17)22)5-7-25-13/h5,7,9H,2-4,6,8H2,1H3,(H2,17,22)(H,18,21)(H,19,24)/t9-,16-/m1/s1. The number of nitrogens with one attached hydrogen (secondary N) is 2. The Morgan fingerprint density at radius 1 is 1.44 bits per heavy atom. The Hall–Kier alpha value is -2.42. The molecular formula is C16H20N4O4S. The molecule has 1 saturated heterocycles. The van der Waals surface area contributed by atoms with E-state index >= 15 is 0 Å². The van der Waals surface area contributed by atoms with Gasteiger partial charge in [-0.15, -0.1) is 11.3 Å². The number of carbonyl (C=O) groups excluding carboxylic acids is 4. The minimum atomic E-state index is -0.892. The highest BCUT2D eigenvalue weighted by atomic mass is 32.1. The van der Waals surface area contributed by atoms with Gasteiger partial charge in [-0.25, -0.2) is 4.79 Å². The van der Waals surface area contributed by atoms with Crippen LogP contribution in [0.2, 0.25) is 0 Å². The van der Waals surface area contributed by atoms with E-state index in [1.807, 2.05) is 6.92 Å². The van der Waals surface area contributed by atoms with Crippen molar-refractivity contribution in [3.05, 3.63) is 17.0 Å². The van der Waals surface area contributed by atoms with Crippen molar-refractivity contribution >= 4 is 40.1 Å². The lowest BCUT2D eigenvalue weighted by Gasteiger charge is -2.36. The highest BCUT2D eigenvalue weighted by Gasteiger charge is 2.55. The smallest absolute Gasteiger partial charge is 0.325 e. The molecule has 2 atom stereocenters. The number of hydrogen-bond acceptors (Lipinski definition) is 5. The molecule has 8 nitrogen and oxygen atoms in total. The number of nitrogens with two attached hydrogens (primary N) is 1. The van der Waals surface area contributed by atoms with Crippen molar-refractivity contribution in [2.75, 3.05) is 11.9 Å². The summed E-state index contributed by atoms with van der Waals surface area (Å²) in [6.45, 7) is 1.56. The summed E-state index contributed by atoms with van der Waals surface area (Å²) >= 11 is 1.15. The summed E-state index contributed by atoms with van der Waals surface area (Å²) in [4.78, 5) is 49.6. The first kappa shape index (κ1) is 17.4. The van der Waals surface area contributed by atoms with Gasteiger partial charge in [0.25, 0.3) is 11.8 Å². The van der Waals surface area contributed by atoms with Crippen LogP contribution in [0.15, 0.2) is 11.4 Å². The monoisotopic (exact) mass is 364 g/mol. The van der Waals surface area contributed by atoms with Crippen LogP contribution in [-0.2, 0) is 9.59 Å². The molecule has 2 aliphatic rings. The quantitative estimate of drug-likeness (QED) is 0.697. The van der Waals surface area contributed by atoms with Crippen LogP contribution in [0.1, 0.15) is 43.0 Å². The van der Waals surface area contributed by atoms with E-state index in [0.29, 0.717) is 11.4 Å². The largest absolute Gasteiger partial charge is 0.366 e. The van der Waals surface area contributed by atoms with Crippen LogP contribution in [0.25, 0.3) is 0 Å². The lowest BCUT2D eigenvalue weighted by molar-refractivity contribution is -0.136. The van der Waals surface area contributed by atoms with Crippen LogP contribution in [0, 0.1) is 5.92 Å². The number of rotatable bonds is 4. The summed E-state index contributed by atoms with van der Waals surface area (Å²) in [5.41, 5.74) is 4.55. The summed E-state index contributed by atoms with van der Waals surface area (Å²) < 4.78 is 0. The Morgan fingerprint density at radius 2 is 2.20 bits per heavy atom. The Labute approximate surface area is 148 Å². The van der Waals surface area contributed by atoms with Crippen LogP contribution in [0.5, 0.6) is 0 Å². The Balaban J connectivity index is 1.71. The van der Waals surface area contributed by atoms with Gasteiger partial charge in [0.05, 0.1) is 5.56 Å². The van der Waals surface area contributed by atoms with Crippen molar-refractivity contribution in [3.8, 4) is 0 Å². The molecule has 0 unspecified atom stereocenters. The SMILES string of the molecule is C[C@@H]1CCCC[C@@]12NC(=O)N(CC(=O)Nc1sccc1C(N)=O)C2=O. The van der Waals surface area contributed by atoms with Gasteiger partial charge in [0.15, 0.2) is 0 Å². The number of amides is 5. The highest BCUT2D eigenvalue weighted by molar-refractivity contribution is 7.14. The Morgan fingerprint density at radius 3 is 2.88 bits per heavy atom. The second-order valence-corrected chi connectivity index (χ2v) is 7.43. The molecule has 0 radical (unpaired) electrons. The van der Waals surface area contributed by atoms with Crippen molar-refractivity contribution in [1.82, 2.24) is 10.2 Å². The van der Waals surface area contributed by atoms with E-state index in [1.54, 1.807) is 5.38 Å². The molecule has 0 aromatic carbocycles. The molecule has 25 heavy (non-hydrogen) atoms. The Bertz CT molecular complexity index is 746. The maximum Gasteiger partial charge on any atom is 0.325 e. The topological polar surface area (TPSA) is 122 Å². The lowest BCUT2D eigenvalue weighted by Crippen LogP contribution is -2.54. The first-order valence-electron chi connectivity index (χ1n) is 8.16. The molecule has 1 aliphatic heterocycles. The maximum absolute atomic E-state index is 12.8. The van der Waals surface area contributed by atoms with Crippen LogP contribution in [-0.4, -0.2) is 40.7 Å². The minimum Gasteiger partial charge on any atom is -0.366 e. The zero-order valence-corrected chi connectivity index (χ0v) is 14.6. The molecule has 1 aliphatic carbocycles. The number of urea groups is 1. The molecule has 1 spiro atoms. The van der Waals surface area contributed by atoms with Gasteiger partial charge in [0.2, 0.25) is 5.91 Å². The first-order valence-corrected chi connectivity index (χ1v) is 9.04. The number of imide groups is 1. The van der Waals surface area contributed by atoms with Gasteiger partial charge in [0.1, 0.15) is 17.1 Å². The zero-order valence-electron chi connectivity index (χ0n) is 13.8. The van der Waals surface area contributed by atoms with Gasteiger partial charge >= 0.3 is 6.03 Å². The van der Waals surface area contributed by atoms with Crippen LogP contribution < -0.4 is 16.4 Å². The molecule has 1 aromatic heterocycles. The molecule has 3 rings (SSSR count). The number of hydrogen-bond donors (Lipinski definition) is 3. The highest BCUT2D eigenvalue weighted by Crippen LogP contribution is 2.38. The predicted octanol–water partition coefficient (Wildman–Crippen LogP) is 1.29. The van der Waals surface area contributed by atoms with Gasteiger partial charge in [0, 0.05) is 0 Å². The molecule has 1 saturated carbocycles. The van der Waals surface area contributed by atoms with Gasteiger partial charge in [-0.1, -0.05) is 19.8 Å². The average Bonchev–Trinajstić information content (AvgIpc) is 3.10. The van der Waals surface area contributed by atoms with Crippen molar-refractivity contribution in [2.45, 2.75) is 38.1 Å². The number of thiophene rings is 1. The average molecular weight is 364 g/mol.